The fourth-order valence-electron chi connectivity index (χ4n) is 1.71. The molecule has 7 nitrogen and oxygen atoms in total. The van der Waals surface area contributed by atoms with Gasteiger partial charge in [0.05, 0.1) is 11.7 Å². The first kappa shape index (κ1) is 13.1. The van der Waals surface area contributed by atoms with E-state index in [1.54, 1.807) is 6.20 Å². The Labute approximate surface area is 111 Å². The lowest BCUT2D eigenvalue weighted by molar-refractivity contribution is -0.122. The average molecular weight is 260 g/mol. The number of hydrogen-bond acceptors (Lipinski definition) is 5. The maximum atomic E-state index is 11.9. The molecular formula is C12H16N6O. The van der Waals surface area contributed by atoms with E-state index in [4.69, 9.17) is 0 Å². The Kier molecular flexibility index (Phi) is 4.17. The second-order valence-electron chi connectivity index (χ2n) is 4.30. The Morgan fingerprint density at radius 1 is 1.47 bits per heavy atom. The van der Waals surface area contributed by atoms with Crippen molar-refractivity contribution in [2.24, 2.45) is 0 Å². The lowest BCUT2D eigenvalue weighted by atomic mass is 10.1. The standard InChI is InChI=1S/C12H16N6O/c1-3-10(11-5-4-9(2)6-13-11)15-12(19)7-18-8-14-16-17-18/h4-6,8,10H,3,7H2,1-2H3,(H,15,19). The highest BCUT2D eigenvalue weighted by atomic mass is 16.2. The van der Waals surface area contributed by atoms with Crippen molar-refractivity contribution in [3.63, 3.8) is 0 Å². The van der Waals surface area contributed by atoms with E-state index >= 15 is 0 Å². The van der Waals surface area contributed by atoms with Gasteiger partial charge >= 0.3 is 0 Å². The van der Waals surface area contributed by atoms with Crippen LogP contribution in [0.25, 0.3) is 0 Å². The Balaban J connectivity index is 1.98. The summed E-state index contributed by atoms with van der Waals surface area (Å²) in [6.07, 6.45) is 3.98. The number of pyridine rings is 1. The maximum Gasteiger partial charge on any atom is 0.242 e. The van der Waals surface area contributed by atoms with E-state index in [2.05, 4.69) is 25.8 Å². The van der Waals surface area contributed by atoms with Gasteiger partial charge in [0.2, 0.25) is 5.91 Å². The van der Waals surface area contributed by atoms with E-state index in [0.29, 0.717) is 0 Å². The van der Waals surface area contributed by atoms with Crippen molar-refractivity contribution in [1.29, 1.82) is 0 Å². The highest BCUT2D eigenvalue weighted by Crippen LogP contribution is 2.14. The normalized spacial score (nSPS) is 12.1. The predicted molar refractivity (Wildman–Crippen MR) is 68.0 cm³/mol. The number of rotatable bonds is 5. The topological polar surface area (TPSA) is 85.6 Å². The molecule has 1 atom stereocenters. The molecule has 1 unspecified atom stereocenters. The number of aryl methyl sites for hydroxylation is 1. The molecule has 0 aliphatic heterocycles. The van der Waals surface area contributed by atoms with Crippen LogP contribution >= 0.6 is 0 Å². The van der Waals surface area contributed by atoms with Crippen LogP contribution < -0.4 is 5.32 Å². The van der Waals surface area contributed by atoms with Crippen molar-refractivity contribution >= 4 is 5.91 Å². The van der Waals surface area contributed by atoms with Crippen LogP contribution in [-0.4, -0.2) is 31.1 Å². The number of nitrogens with zero attached hydrogens (tertiary/aromatic N) is 5. The second-order valence-corrected chi connectivity index (χ2v) is 4.30. The van der Waals surface area contributed by atoms with Crippen LogP contribution in [0, 0.1) is 6.92 Å². The quantitative estimate of drug-likeness (QED) is 0.852. The molecule has 0 aliphatic carbocycles. The van der Waals surface area contributed by atoms with Crippen LogP contribution in [0.3, 0.4) is 0 Å². The monoisotopic (exact) mass is 260 g/mol. The summed E-state index contributed by atoms with van der Waals surface area (Å²) in [6.45, 7) is 4.09. The highest BCUT2D eigenvalue weighted by Gasteiger charge is 2.14. The fraction of sp³-hybridized carbons (Fsp3) is 0.417. The molecule has 7 heteroatoms. The van der Waals surface area contributed by atoms with Gasteiger partial charge in [-0.3, -0.25) is 9.78 Å². The van der Waals surface area contributed by atoms with Crippen LogP contribution in [-0.2, 0) is 11.3 Å². The highest BCUT2D eigenvalue weighted by molar-refractivity contribution is 5.76. The van der Waals surface area contributed by atoms with Crippen molar-refractivity contribution < 1.29 is 4.79 Å². The minimum Gasteiger partial charge on any atom is -0.346 e. The van der Waals surface area contributed by atoms with E-state index in [9.17, 15) is 4.79 Å². The molecule has 2 aromatic rings. The number of amides is 1. The number of carbonyl (C=O) groups excluding carboxylic acids is 1. The van der Waals surface area contributed by atoms with Crippen LogP contribution in [0.4, 0.5) is 0 Å². The predicted octanol–water partition coefficient (Wildman–Crippen LogP) is 0.644. The van der Waals surface area contributed by atoms with Gasteiger partial charge in [0.15, 0.2) is 0 Å². The molecule has 0 radical (unpaired) electrons. The van der Waals surface area contributed by atoms with Crippen molar-refractivity contribution in [2.45, 2.75) is 32.9 Å². The summed E-state index contributed by atoms with van der Waals surface area (Å²) < 4.78 is 1.38. The van der Waals surface area contributed by atoms with Crippen LogP contribution in [0.2, 0.25) is 0 Å². The first-order valence-corrected chi connectivity index (χ1v) is 6.11. The molecule has 0 saturated heterocycles. The number of tetrazole rings is 1. The van der Waals surface area contributed by atoms with Gasteiger partial charge in [-0.15, -0.1) is 5.10 Å². The van der Waals surface area contributed by atoms with Crippen molar-refractivity contribution in [3.8, 4) is 0 Å². The van der Waals surface area contributed by atoms with Gasteiger partial charge in [0.25, 0.3) is 0 Å². The summed E-state index contributed by atoms with van der Waals surface area (Å²) in [4.78, 5) is 16.2. The third-order valence-corrected chi connectivity index (χ3v) is 2.73. The Morgan fingerprint density at radius 3 is 2.89 bits per heavy atom. The maximum absolute atomic E-state index is 11.9. The number of aromatic nitrogens is 5. The number of hydrogen-bond donors (Lipinski definition) is 1. The molecule has 2 heterocycles. The summed E-state index contributed by atoms with van der Waals surface area (Å²) >= 11 is 0. The lowest BCUT2D eigenvalue weighted by Crippen LogP contribution is -2.31. The summed E-state index contributed by atoms with van der Waals surface area (Å²) in [7, 11) is 0. The summed E-state index contributed by atoms with van der Waals surface area (Å²) in [5.74, 6) is -0.137. The summed E-state index contributed by atoms with van der Waals surface area (Å²) in [6, 6.07) is 3.82. The van der Waals surface area contributed by atoms with Gasteiger partial charge in [-0.1, -0.05) is 13.0 Å². The third-order valence-electron chi connectivity index (χ3n) is 2.73. The Morgan fingerprint density at radius 2 is 2.32 bits per heavy atom. The van der Waals surface area contributed by atoms with Crippen LogP contribution in [0.5, 0.6) is 0 Å². The third kappa shape index (κ3) is 3.57. The molecular weight excluding hydrogens is 244 g/mol. The van der Waals surface area contributed by atoms with Crippen LogP contribution in [0.15, 0.2) is 24.7 Å². The number of carbonyl (C=O) groups is 1. The zero-order valence-electron chi connectivity index (χ0n) is 10.9. The van der Waals surface area contributed by atoms with Crippen molar-refractivity contribution in [2.75, 3.05) is 0 Å². The zero-order valence-corrected chi connectivity index (χ0v) is 10.9. The SMILES string of the molecule is CCC(NC(=O)Cn1cnnn1)c1ccc(C)cn1. The molecule has 0 aliphatic rings. The fourth-order valence-corrected chi connectivity index (χ4v) is 1.71. The van der Waals surface area contributed by atoms with E-state index in [1.807, 2.05) is 26.0 Å². The van der Waals surface area contributed by atoms with Gasteiger partial charge in [-0.2, -0.15) is 0 Å². The molecule has 2 aromatic heterocycles. The van der Waals surface area contributed by atoms with Gasteiger partial charge < -0.3 is 5.32 Å². The second kappa shape index (κ2) is 6.03. The molecule has 0 saturated carbocycles. The lowest BCUT2D eigenvalue weighted by Gasteiger charge is -2.16. The Hall–Kier alpha value is -2.31. The van der Waals surface area contributed by atoms with E-state index in [0.717, 1.165) is 17.7 Å². The van der Waals surface area contributed by atoms with E-state index < -0.39 is 0 Å². The Bertz CT molecular complexity index is 522. The molecule has 2 rings (SSSR count). The molecule has 0 bridgehead atoms. The van der Waals surface area contributed by atoms with Crippen molar-refractivity contribution in [3.05, 3.63) is 35.9 Å². The summed E-state index contributed by atoms with van der Waals surface area (Å²) in [5.41, 5.74) is 1.96. The molecule has 1 N–H and O–H groups in total. The van der Waals surface area contributed by atoms with Gasteiger partial charge in [-0.05, 0) is 35.4 Å². The summed E-state index contributed by atoms with van der Waals surface area (Å²) in [5, 5.41) is 13.5. The van der Waals surface area contributed by atoms with Gasteiger partial charge in [0, 0.05) is 6.20 Å². The molecule has 0 aromatic carbocycles. The minimum atomic E-state index is -0.137. The zero-order chi connectivity index (χ0) is 13.7. The van der Waals surface area contributed by atoms with Gasteiger partial charge in [-0.25, -0.2) is 4.68 Å². The number of nitrogens with one attached hydrogen (secondary N) is 1. The molecule has 100 valence electrons. The molecule has 0 spiro atoms. The molecule has 19 heavy (non-hydrogen) atoms. The molecule has 1 amide bonds. The van der Waals surface area contributed by atoms with E-state index in [-0.39, 0.29) is 18.5 Å². The first-order valence-electron chi connectivity index (χ1n) is 6.11. The first-order chi connectivity index (χ1) is 9.19. The van der Waals surface area contributed by atoms with Crippen LogP contribution in [0.1, 0.15) is 30.6 Å². The average Bonchev–Trinajstić information content (AvgIpc) is 2.90. The molecule has 0 fully saturated rings. The smallest absolute Gasteiger partial charge is 0.242 e. The van der Waals surface area contributed by atoms with E-state index in [1.165, 1.54) is 11.0 Å². The van der Waals surface area contributed by atoms with Gasteiger partial charge in [0.1, 0.15) is 12.9 Å². The largest absolute Gasteiger partial charge is 0.346 e. The van der Waals surface area contributed by atoms with Crippen molar-refractivity contribution in [1.82, 2.24) is 30.5 Å². The minimum absolute atomic E-state index is 0.0930.